The van der Waals surface area contributed by atoms with Gasteiger partial charge in [-0.15, -0.1) is 0 Å². The predicted octanol–water partition coefficient (Wildman–Crippen LogP) is 2.24. The van der Waals surface area contributed by atoms with Gasteiger partial charge in [-0.3, -0.25) is 9.59 Å². The minimum atomic E-state index is -0.0468. The molecule has 2 aliphatic rings. The van der Waals surface area contributed by atoms with Gasteiger partial charge in [-0.25, -0.2) is 4.68 Å². The van der Waals surface area contributed by atoms with Crippen molar-refractivity contribution in [2.45, 2.75) is 38.3 Å². The summed E-state index contributed by atoms with van der Waals surface area (Å²) in [6.07, 6.45) is 3.50. The lowest BCUT2D eigenvalue weighted by Gasteiger charge is -2.19. The summed E-state index contributed by atoms with van der Waals surface area (Å²) in [6.45, 7) is 2.22. The van der Waals surface area contributed by atoms with Crippen LogP contribution in [0.15, 0.2) is 41.2 Å². The van der Waals surface area contributed by atoms with E-state index < -0.39 is 0 Å². The number of carbonyl (C=O) groups excluding carboxylic acids is 1. The van der Waals surface area contributed by atoms with Gasteiger partial charge in [0, 0.05) is 36.8 Å². The van der Waals surface area contributed by atoms with E-state index in [1.54, 1.807) is 22.9 Å². The van der Waals surface area contributed by atoms with Gasteiger partial charge >= 0.3 is 0 Å². The standard InChI is InChI=1S/C20H23ClN4O2/c21-17-4-2-1-3-15(17)11-19(26)22-16-9-10-24(13-16)18-7-8-20(27)25(23-18)12-14-5-6-14/h1-4,7-8,14,16H,5-6,9-13H2,(H,22,26). The van der Waals surface area contributed by atoms with E-state index in [0.29, 0.717) is 24.0 Å². The molecule has 0 bridgehead atoms. The molecule has 1 amide bonds. The van der Waals surface area contributed by atoms with Crippen LogP contribution in [0, 0.1) is 5.92 Å². The Labute approximate surface area is 163 Å². The Morgan fingerprint density at radius 1 is 1.19 bits per heavy atom. The summed E-state index contributed by atoms with van der Waals surface area (Å²) in [5.41, 5.74) is 0.787. The number of benzene rings is 1. The first-order valence-corrected chi connectivity index (χ1v) is 9.82. The van der Waals surface area contributed by atoms with Crippen molar-refractivity contribution in [3.63, 3.8) is 0 Å². The number of aromatic nitrogens is 2. The first-order valence-electron chi connectivity index (χ1n) is 9.44. The zero-order chi connectivity index (χ0) is 18.8. The molecule has 1 aliphatic heterocycles. The van der Waals surface area contributed by atoms with Crippen LogP contribution in [-0.4, -0.2) is 34.8 Å². The van der Waals surface area contributed by atoms with Crippen LogP contribution in [0.4, 0.5) is 5.82 Å². The fourth-order valence-corrected chi connectivity index (χ4v) is 3.66. The van der Waals surface area contributed by atoms with Crippen LogP contribution in [0.25, 0.3) is 0 Å². The Bertz CT molecular complexity index is 894. The molecule has 1 aliphatic carbocycles. The number of hydrogen-bond acceptors (Lipinski definition) is 4. The summed E-state index contributed by atoms with van der Waals surface area (Å²) in [5.74, 6) is 1.38. The van der Waals surface area contributed by atoms with E-state index >= 15 is 0 Å². The minimum Gasteiger partial charge on any atom is -0.353 e. The van der Waals surface area contributed by atoms with Gasteiger partial charge in [-0.2, -0.15) is 5.10 Å². The molecule has 2 fully saturated rings. The predicted molar refractivity (Wildman–Crippen MR) is 105 cm³/mol. The van der Waals surface area contributed by atoms with Crippen LogP contribution >= 0.6 is 11.6 Å². The van der Waals surface area contributed by atoms with Gasteiger partial charge in [0.25, 0.3) is 5.56 Å². The number of rotatable bonds is 6. The second-order valence-corrected chi connectivity index (χ2v) is 7.83. The second kappa shape index (κ2) is 7.72. The zero-order valence-corrected chi connectivity index (χ0v) is 15.9. The van der Waals surface area contributed by atoms with Crippen molar-refractivity contribution in [1.29, 1.82) is 0 Å². The molecule has 1 saturated heterocycles. The summed E-state index contributed by atoms with van der Waals surface area (Å²) < 4.78 is 1.58. The van der Waals surface area contributed by atoms with Crippen LogP contribution in [-0.2, 0) is 17.8 Å². The van der Waals surface area contributed by atoms with Gasteiger partial charge in [0.1, 0.15) is 5.82 Å². The van der Waals surface area contributed by atoms with E-state index in [1.165, 1.54) is 12.8 Å². The lowest BCUT2D eigenvalue weighted by molar-refractivity contribution is -0.121. The maximum atomic E-state index is 12.3. The minimum absolute atomic E-state index is 0.0263. The van der Waals surface area contributed by atoms with E-state index in [2.05, 4.69) is 15.3 Å². The molecular formula is C20H23ClN4O2. The van der Waals surface area contributed by atoms with E-state index in [-0.39, 0.29) is 23.9 Å². The summed E-state index contributed by atoms with van der Waals surface area (Å²) in [6, 6.07) is 10.8. The third-order valence-corrected chi connectivity index (χ3v) is 5.54. The van der Waals surface area contributed by atoms with Gasteiger partial charge in [-0.05, 0) is 42.9 Å². The summed E-state index contributed by atoms with van der Waals surface area (Å²) >= 11 is 6.13. The van der Waals surface area contributed by atoms with Crippen LogP contribution in [0.3, 0.4) is 0 Å². The fraction of sp³-hybridized carbons (Fsp3) is 0.450. The normalized spacial score (nSPS) is 19.3. The maximum Gasteiger partial charge on any atom is 0.266 e. The topological polar surface area (TPSA) is 67.2 Å². The lowest BCUT2D eigenvalue weighted by Crippen LogP contribution is -2.38. The Hall–Kier alpha value is -2.34. The fourth-order valence-electron chi connectivity index (χ4n) is 3.46. The van der Waals surface area contributed by atoms with E-state index in [9.17, 15) is 9.59 Å². The number of halogens is 1. The molecule has 1 unspecified atom stereocenters. The smallest absolute Gasteiger partial charge is 0.266 e. The van der Waals surface area contributed by atoms with Crippen molar-refractivity contribution >= 4 is 23.3 Å². The molecule has 1 aromatic heterocycles. The number of anilines is 1. The van der Waals surface area contributed by atoms with Gasteiger partial charge < -0.3 is 10.2 Å². The number of nitrogens with one attached hydrogen (secondary N) is 1. The molecule has 2 heterocycles. The number of carbonyl (C=O) groups is 1. The molecule has 7 heteroatoms. The molecule has 142 valence electrons. The summed E-state index contributed by atoms with van der Waals surface area (Å²) in [7, 11) is 0. The van der Waals surface area contributed by atoms with Gasteiger partial charge in [0.15, 0.2) is 0 Å². The second-order valence-electron chi connectivity index (χ2n) is 7.42. The highest BCUT2D eigenvalue weighted by molar-refractivity contribution is 6.31. The van der Waals surface area contributed by atoms with Crippen molar-refractivity contribution in [1.82, 2.24) is 15.1 Å². The molecule has 27 heavy (non-hydrogen) atoms. The summed E-state index contributed by atoms with van der Waals surface area (Å²) in [4.78, 5) is 26.4. The van der Waals surface area contributed by atoms with E-state index in [0.717, 1.165) is 24.3 Å². The molecular weight excluding hydrogens is 364 g/mol. The molecule has 6 nitrogen and oxygen atoms in total. The first kappa shape index (κ1) is 18.0. The van der Waals surface area contributed by atoms with Crippen LogP contribution < -0.4 is 15.8 Å². The van der Waals surface area contributed by atoms with Crippen LogP contribution in [0.2, 0.25) is 5.02 Å². The Morgan fingerprint density at radius 3 is 2.78 bits per heavy atom. The van der Waals surface area contributed by atoms with Gasteiger partial charge in [0.05, 0.1) is 6.42 Å². The quantitative estimate of drug-likeness (QED) is 0.826. The molecule has 1 atom stereocenters. The number of amides is 1. The molecule has 1 N–H and O–H groups in total. The first-order chi connectivity index (χ1) is 13.1. The SMILES string of the molecule is O=C(Cc1ccccc1Cl)NC1CCN(c2ccc(=O)n(CC3CC3)n2)C1. The number of hydrogen-bond donors (Lipinski definition) is 1. The summed E-state index contributed by atoms with van der Waals surface area (Å²) in [5, 5.41) is 8.23. The molecule has 2 aromatic rings. The van der Waals surface area contributed by atoms with E-state index in [4.69, 9.17) is 11.6 Å². The maximum absolute atomic E-state index is 12.3. The number of nitrogens with zero attached hydrogens (tertiary/aromatic N) is 3. The highest BCUT2D eigenvalue weighted by Gasteiger charge is 2.26. The van der Waals surface area contributed by atoms with Crippen molar-refractivity contribution in [3.8, 4) is 0 Å². The monoisotopic (exact) mass is 386 g/mol. The molecule has 1 saturated carbocycles. The average Bonchev–Trinajstić information content (AvgIpc) is 3.35. The van der Waals surface area contributed by atoms with Crippen molar-refractivity contribution in [3.05, 3.63) is 57.3 Å². The highest BCUT2D eigenvalue weighted by atomic mass is 35.5. The van der Waals surface area contributed by atoms with E-state index in [1.807, 2.05) is 18.2 Å². The van der Waals surface area contributed by atoms with Crippen molar-refractivity contribution < 1.29 is 4.79 Å². The molecule has 4 rings (SSSR count). The molecule has 0 spiro atoms. The molecule has 1 aromatic carbocycles. The van der Waals surface area contributed by atoms with Gasteiger partial charge in [-0.1, -0.05) is 29.8 Å². The van der Waals surface area contributed by atoms with Crippen molar-refractivity contribution in [2.75, 3.05) is 18.0 Å². The lowest BCUT2D eigenvalue weighted by atomic mass is 10.1. The van der Waals surface area contributed by atoms with Gasteiger partial charge in [0.2, 0.25) is 5.91 Å². The Morgan fingerprint density at radius 2 is 2.00 bits per heavy atom. The van der Waals surface area contributed by atoms with Crippen molar-refractivity contribution in [2.24, 2.45) is 5.92 Å². The largest absolute Gasteiger partial charge is 0.353 e. The van der Waals surface area contributed by atoms with Crippen LogP contribution in [0.5, 0.6) is 0 Å². The third-order valence-electron chi connectivity index (χ3n) is 5.17. The molecule has 0 radical (unpaired) electrons. The Kier molecular flexibility index (Phi) is 5.16. The Balaban J connectivity index is 1.35. The highest BCUT2D eigenvalue weighted by Crippen LogP contribution is 2.30. The van der Waals surface area contributed by atoms with Crippen LogP contribution in [0.1, 0.15) is 24.8 Å². The third kappa shape index (κ3) is 4.50. The zero-order valence-electron chi connectivity index (χ0n) is 15.1. The average molecular weight is 387 g/mol.